The number of ether oxygens (including phenoxy) is 5. The Morgan fingerprint density at radius 3 is 2.10 bits per heavy atom. The summed E-state index contributed by atoms with van der Waals surface area (Å²) in [6, 6.07) is 14.9. The lowest BCUT2D eigenvalue weighted by Crippen LogP contribution is -2.74. The molecule has 0 radical (unpaired) electrons. The predicted octanol–water partition coefficient (Wildman–Crippen LogP) is 5.09. The van der Waals surface area contributed by atoms with Gasteiger partial charge in [-0.3, -0.25) is 9.59 Å². The molecule has 14 heteroatoms. The summed E-state index contributed by atoms with van der Waals surface area (Å²) < 4.78 is 29.9. The van der Waals surface area contributed by atoms with Crippen molar-refractivity contribution < 1.29 is 63.0 Å². The van der Waals surface area contributed by atoms with Gasteiger partial charge in [0.1, 0.15) is 41.2 Å². The molecule has 0 aliphatic heterocycles. The Bertz CT molecular complexity index is 1990. The zero-order valence-electron chi connectivity index (χ0n) is 35.3. The van der Waals surface area contributed by atoms with Crippen molar-refractivity contribution in [2.45, 2.75) is 129 Å². The first-order chi connectivity index (χ1) is 27.5. The van der Waals surface area contributed by atoms with Crippen LogP contribution in [0.3, 0.4) is 0 Å². The van der Waals surface area contributed by atoms with Crippen LogP contribution in [0.1, 0.15) is 97.1 Å². The standard InChI is InChI=1S/C45H57NO13/c1-11-44(58-26(3)47)30(48)22-23-43(9)35(44)37(57-38(51)28-20-16-13-17-21-28)45(54)24-29(25(2)31(42(45,7)8)34(55-10)36(43)50)56-39(52)33(49)32(27-18-14-12-15-19-27)46-40(53)59-41(4,5)6/h12-23,29-30,32-35,37,48-49,54H,11,24H2,1-10H3,(H,46,53)/t29-,30+,32-,33+,34+,35-,37-,43+,44-,45+/m0/s1. The zero-order valence-corrected chi connectivity index (χ0v) is 35.3. The number of benzene rings is 2. The average Bonchev–Trinajstić information content (AvgIpc) is 3.17. The van der Waals surface area contributed by atoms with Crippen LogP contribution in [0.5, 0.6) is 0 Å². The number of nitrogens with one attached hydrogen (secondary N) is 1. The number of alkyl carbamates (subject to hydrolysis) is 1. The van der Waals surface area contributed by atoms with Gasteiger partial charge in [0.25, 0.3) is 0 Å². The number of rotatable bonds is 10. The molecule has 1 amide bonds. The molecule has 2 aromatic rings. The fraction of sp³-hybridized carbons (Fsp3) is 0.533. The van der Waals surface area contributed by atoms with Crippen molar-refractivity contribution in [3.05, 3.63) is 95.1 Å². The summed E-state index contributed by atoms with van der Waals surface area (Å²) >= 11 is 0. The Labute approximate surface area is 344 Å². The van der Waals surface area contributed by atoms with Gasteiger partial charge in [-0.15, -0.1) is 0 Å². The molecule has 0 heterocycles. The molecule has 1 saturated carbocycles. The molecule has 14 nitrogen and oxygen atoms in total. The normalized spacial score (nSPS) is 31.1. The average molecular weight is 820 g/mol. The van der Waals surface area contributed by atoms with Gasteiger partial charge >= 0.3 is 24.0 Å². The Kier molecular flexibility index (Phi) is 12.7. The quantitative estimate of drug-likeness (QED) is 0.140. The Morgan fingerprint density at radius 2 is 1.56 bits per heavy atom. The molecular formula is C45H57NO13. The summed E-state index contributed by atoms with van der Waals surface area (Å²) in [6.07, 6.45) is -6.69. The number of methoxy groups -OCH3 is 1. The van der Waals surface area contributed by atoms with Crippen LogP contribution in [0.2, 0.25) is 0 Å². The van der Waals surface area contributed by atoms with E-state index in [0.29, 0.717) is 11.1 Å². The number of carbonyl (C=O) groups is 5. The lowest BCUT2D eigenvalue weighted by atomic mass is 9.47. The van der Waals surface area contributed by atoms with Crippen molar-refractivity contribution in [1.82, 2.24) is 5.32 Å². The number of carbonyl (C=O) groups excluding carboxylic acids is 5. The maximum absolute atomic E-state index is 15.3. The molecule has 3 aliphatic carbocycles. The monoisotopic (exact) mass is 819 g/mol. The van der Waals surface area contributed by atoms with Crippen LogP contribution >= 0.6 is 0 Å². The van der Waals surface area contributed by atoms with Gasteiger partial charge in [-0.05, 0) is 69.9 Å². The Morgan fingerprint density at radius 1 is 0.966 bits per heavy atom. The summed E-state index contributed by atoms with van der Waals surface area (Å²) in [5.41, 5.74) is -7.31. The van der Waals surface area contributed by atoms with Gasteiger partial charge in [0, 0.05) is 25.9 Å². The van der Waals surface area contributed by atoms with Gasteiger partial charge in [0.15, 0.2) is 11.9 Å². The van der Waals surface area contributed by atoms with Gasteiger partial charge in [0.05, 0.1) is 22.9 Å². The van der Waals surface area contributed by atoms with Gasteiger partial charge in [-0.2, -0.15) is 0 Å². The highest BCUT2D eigenvalue weighted by molar-refractivity contribution is 5.95. The molecule has 1 fully saturated rings. The smallest absolute Gasteiger partial charge is 0.408 e. The second-order valence-corrected chi connectivity index (χ2v) is 17.4. The summed E-state index contributed by atoms with van der Waals surface area (Å²) in [5.74, 6) is -4.89. The zero-order chi connectivity index (χ0) is 43.9. The number of allylic oxidation sites excluding steroid dienone is 1. The topological polar surface area (TPSA) is 204 Å². The molecule has 0 unspecified atom stereocenters. The van der Waals surface area contributed by atoms with Crippen molar-refractivity contribution in [2.75, 3.05) is 7.11 Å². The number of amides is 1. The van der Waals surface area contributed by atoms with Crippen LogP contribution in [0.25, 0.3) is 0 Å². The van der Waals surface area contributed by atoms with E-state index >= 15 is 4.79 Å². The SMILES string of the molecule is CC[C@]1(OC(C)=O)[C@H](O)C=C[C@@]2(C)C(=O)[C@H](OC)C3=C(C)[C@@H](OC(=O)[C@H](O)[C@@H](NC(=O)OC(C)(C)C)c4ccccc4)C[C@@](O)([C@@H](OC(=O)c4ccccc4)[C@H]12)C3(C)C. The van der Waals surface area contributed by atoms with E-state index in [1.54, 1.807) is 104 Å². The van der Waals surface area contributed by atoms with Gasteiger partial charge < -0.3 is 44.3 Å². The number of Topliss-reactive ketones (excluding diaryl/α,β-unsaturated/α-hetero) is 1. The van der Waals surface area contributed by atoms with E-state index in [2.05, 4.69) is 5.32 Å². The molecule has 4 N–H and O–H groups in total. The molecule has 2 bridgehead atoms. The van der Waals surface area contributed by atoms with E-state index in [1.165, 1.54) is 31.4 Å². The molecular weight excluding hydrogens is 762 g/mol. The molecule has 10 atom stereocenters. The fourth-order valence-electron chi connectivity index (χ4n) is 9.30. The summed E-state index contributed by atoms with van der Waals surface area (Å²) in [7, 11) is 1.32. The van der Waals surface area contributed by atoms with Crippen LogP contribution in [0.15, 0.2) is 84.0 Å². The van der Waals surface area contributed by atoms with E-state index in [1.807, 2.05) is 0 Å². The minimum atomic E-state index is -2.27. The molecule has 0 saturated heterocycles. The molecule has 3 aliphatic rings. The van der Waals surface area contributed by atoms with E-state index < -0.39 is 106 Å². The Hall–Kier alpha value is -4.89. The number of hydrogen-bond acceptors (Lipinski definition) is 13. The number of aliphatic hydroxyl groups excluding tert-OH is 2. The van der Waals surface area contributed by atoms with E-state index in [0.717, 1.165) is 6.92 Å². The first-order valence-corrected chi connectivity index (χ1v) is 19.8. The van der Waals surface area contributed by atoms with Crippen molar-refractivity contribution >= 4 is 29.8 Å². The highest BCUT2D eigenvalue weighted by atomic mass is 16.6. The van der Waals surface area contributed by atoms with Crippen molar-refractivity contribution in [2.24, 2.45) is 16.7 Å². The van der Waals surface area contributed by atoms with Crippen molar-refractivity contribution in [3.8, 4) is 0 Å². The third kappa shape index (κ3) is 8.20. The number of hydrogen-bond donors (Lipinski definition) is 4. The number of ketones is 1. The highest BCUT2D eigenvalue weighted by Gasteiger charge is 2.72. The summed E-state index contributed by atoms with van der Waals surface area (Å²) in [6.45, 7) is 14.3. The maximum Gasteiger partial charge on any atom is 0.408 e. The van der Waals surface area contributed by atoms with Gasteiger partial charge in [0.2, 0.25) is 0 Å². The van der Waals surface area contributed by atoms with Crippen molar-refractivity contribution in [3.63, 3.8) is 0 Å². The molecule has 0 aromatic heterocycles. The third-order valence-corrected chi connectivity index (χ3v) is 12.3. The minimum Gasteiger partial charge on any atom is -0.456 e. The molecule has 2 aromatic carbocycles. The van der Waals surface area contributed by atoms with E-state index in [4.69, 9.17) is 23.7 Å². The largest absolute Gasteiger partial charge is 0.456 e. The van der Waals surface area contributed by atoms with Crippen LogP contribution in [0, 0.1) is 16.7 Å². The summed E-state index contributed by atoms with van der Waals surface area (Å²) in [4.78, 5) is 69.6. The molecule has 0 spiro atoms. The Balaban J connectivity index is 1.71. The number of esters is 3. The van der Waals surface area contributed by atoms with E-state index in [9.17, 15) is 34.5 Å². The molecule has 5 rings (SSSR count). The van der Waals surface area contributed by atoms with Crippen LogP contribution < -0.4 is 5.32 Å². The summed E-state index contributed by atoms with van der Waals surface area (Å²) in [5, 5.41) is 39.6. The predicted molar refractivity (Wildman–Crippen MR) is 213 cm³/mol. The first kappa shape index (κ1) is 45.2. The third-order valence-electron chi connectivity index (χ3n) is 12.3. The highest BCUT2D eigenvalue weighted by Crippen LogP contribution is 2.62. The van der Waals surface area contributed by atoms with Crippen molar-refractivity contribution in [1.29, 1.82) is 0 Å². The fourth-order valence-corrected chi connectivity index (χ4v) is 9.30. The lowest BCUT2D eigenvalue weighted by molar-refractivity contribution is -0.252. The molecule has 320 valence electrons. The van der Waals surface area contributed by atoms with Crippen LogP contribution in [-0.2, 0) is 38.1 Å². The molecule has 59 heavy (non-hydrogen) atoms. The van der Waals surface area contributed by atoms with Gasteiger partial charge in [-0.25, -0.2) is 14.4 Å². The van der Waals surface area contributed by atoms with E-state index in [-0.39, 0.29) is 17.6 Å². The second kappa shape index (κ2) is 16.6. The lowest BCUT2D eigenvalue weighted by Gasteiger charge is -2.62. The van der Waals surface area contributed by atoms with Gasteiger partial charge in [-0.1, -0.05) is 81.5 Å². The number of aliphatic hydroxyl groups is 3. The van der Waals surface area contributed by atoms with Crippen LogP contribution in [0.4, 0.5) is 4.79 Å². The maximum atomic E-state index is 15.3. The van der Waals surface area contributed by atoms with Crippen LogP contribution in [-0.4, -0.2) is 99.5 Å². The number of fused-ring (bicyclic) bond motifs is 3. The minimum absolute atomic E-state index is 0.0863. The second-order valence-electron chi connectivity index (χ2n) is 17.4. The first-order valence-electron chi connectivity index (χ1n) is 19.8.